The molecule has 0 amide bonds. The lowest BCUT2D eigenvalue weighted by Crippen LogP contribution is -2.45. The Balaban J connectivity index is 2.54. The maximum Gasteiger partial charge on any atom is 0.216 e. The van der Waals surface area contributed by atoms with Crippen molar-refractivity contribution in [2.45, 2.75) is 63.8 Å². The van der Waals surface area contributed by atoms with Crippen LogP contribution < -0.4 is 5.32 Å². The molecular formula is C12H26N2O2S. The van der Waals surface area contributed by atoms with E-state index in [-0.39, 0.29) is 11.3 Å². The third kappa shape index (κ3) is 3.66. The van der Waals surface area contributed by atoms with Gasteiger partial charge in [0, 0.05) is 19.1 Å². The van der Waals surface area contributed by atoms with Gasteiger partial charge in [0.15, 0.2) is 0 Å². The largest absolute Gasteiger partial charge is 0.314 e. The first-order chi connectivity index (χ1) is 7.89. The van der Waals surface area contributed by atoms with Crippen LogP contribution in [-0.4, -0.2) is 43.6 Å². The van der Waals surface area contributed by atoms with Crippen LogP contribution in [0.1, 0.15) is 46.5 Å². The van der Waals surface area contributed by atoms with Gasteiger partial charge in [0.1, 0.15) is 0 Å². The van der Waals surface area contributed by atoms with E-state index in [0.717, 1.165) is 32.2 Å². The van der Waals surface area contributed by atoms with Gasteiger partial charge in [-0.25, -0.2) is 12.7 Å². The maximum absolute atomic E-state index is 12.0. The Morgan fingerprint density at radius 1 is 1.24 bits per heavy atom. The lowest BCUT2D eigenvalue weighted by molar-refractivity contribution is 0.250. The molecule has 0 aromatic heterocycles. The van der Waals surface area contributed by atoms with Gasteiger partial charge in [0.2, 0.25) is 10.0 Å². The zero-order chi connectivity index (χ0) is 13.1. The van der Waals surface area contributed by atoms with Crippen molar-refractivity contribution in [3.63, 3.8) is 0 Å². The molecular weight excluding hydrogens is 236 g/mol. The third-order valence-electron chi connectivity index (χ3n) is 3.70. The van der Waals surface area contributed by atoms with Gasteiger partial charge in [-0.1, -0.05) is 6.92 Å². The molecule has 0 aliphatic heterocycles. The number of hydrogen-bond acceptors (Lipinski definition) is 3. The molecule has 0 aromatic carbocycles. The molecule has 0 unspecified atom stereocenters. The van der Waals surface area contributed by atoms with Gasteiger partial charge in [-0.3, -0.25) is 0 Å². The summed E-state index contributed by atoms with van der Waals surface area (Å²) in [4.78, 5) is 0. The van der Waals surface area contributed by atoms with E-state index in [9.17, 15) is 8.42 Å². The molecule has 4 nitrogen and oxygen atoms in total. The third-order valence-corrected chi connectivity index (χ3v) is 5.99. The molecule has 0 saturated heterocycles. The molecule has 1 rings (SSSR count). The van der Waals surface area contributed by atoms with Crippen molar-refractivity contribution in [2.24, 2.45) is 0 Å². The minimum Gasteiger partial charge on any atom is -0.314 e. The molecule has 1 fully saturated rings. The van der Waals surface area contributed by atoms with Crippen molar-refractivity contribution in [1.82, 2.24) is 9.62 Å². The molecule has 0 bridgehead atoms. The Morgan fingerprint density at radius 3 is 2.18 bits per heavy atom. The van der Waals surface area contributed by atoms with Crippen LogP contribution >= 0.6 is 0 Å². The number of nitrogens with zero attached hydrogens (tertiary/aromatic N) is 1. The minimum absolute atomic E-state index is 0.192. The zero-order valence-corrected chi connectivity index (χ0v) is 12.3. The monoisotopic (exact) mass is 262 g/mol. The predicted molar refractivity (Wildman–Crippen MR) is 71.5 cm³/mol. The second-order valence-corrected chi connectivity index (χ2v) is 7.72. The van der Waals surface area contributed by atoms with E-state index in [1.807, 2.05) is 0 Å². The second-order valence-electron chi connectivity index (χ2n) is 5.17. The van der Waals surface area contributed by atoms with Crippen molar-refractivity contribution in [2.75, 3.05) is 13.6 Å². The first kappa shape index (κ1) is 14.9. The van der Waals surface area contributed by atoms with Crippen molar-refractivity contribution in [3.8, 4) is 0 Å². The highest BCUT2D eigenvalue weighted by molar-refractivity contribution is 7.89. The van der Waals surface area contributed by atoms with Gasteiger partial charge >= 0.3 is 0 Å². The van der Waals surface area contributed by atoms with Crippen LogP contribution in [0.4, 0.5) is 0 Å². The van der Waals surface area contributed by atoms with Crippen LogP contribution in [0.25, 0.3) is 0 Å². The van der Waals surface area contributed by atoms with Gasteiger partial charge in [0.05, 0.1) is 5.25 Å². The van der Waals surface area contributed by atoms with Crippen LogP contribution in [-0.2, 0) is 10.0 Å². The summed E-state index contributed by atoms with van der Waals surface area (Å²) in [6.07, 6.45) is 4.10. The molecule has 0 aromatic rings. The Bertz CT molecular complexity index is 319. The van der Waals surface area contributed by atoms with Crippen molar-refractivity contribution in [1.29, 1.82) is 0 Å². The first-order valence-corrected chi connectivity index (χ1v) is 8.10. The molecule has 5 heteroatoms. The Morgan fingerprint density at radius 2 is 1.76 bits per heavy atom. The van der Waals surface area contributed by atoms with Crippen LogP contribution in [0.15, 0.2) is 0 Å². The molecule has 0 heterocycles. The van der Waals surface area contributed by atoms with E-state index in [1.165, 1.54) is 0 Å². The highest BCUT2D eigenvalue weighted by Gasteiger charge is 2.31. The Hall–Kier alpha value is -0.130. The highest BCUT2D eigenvalue weighted by atomic mass is 32.2. The van der Waals surface area contributed by atoms with Crippen molar-refractivity contribution >= 4 is 10.0 Å². The Labute approximate surface area is 106 Å². The van der Waals surface area contributed by atoms with E-state index in [0.29, 0.717) is 6.04 Å². The summed E-state index contributed by atoms with van der Waals surface area (Å²) in [7, 11) is -1.36. The molecule has 1 aliphatic rings. The summed E-state index contributed by atoms with van der Waals surface area (Å²) in [6.45, 7) is 6.60. The number of nitrogens with one attached hydrogen (secondary N) is 1. The quantitative estimate of drug-likeness (QED) is 0.818. The van der Waals surface area contributed by atoms with E-state index in [1.54, 1.807) is 25.2 Å². The summed E-state index contributed by atoms with van der Waals surface area (Å²) in [5.74, 6) is 0. The lowest BCUT2D eigenvalue weighted by Gasteiger charge is -2.35. The summed E-state index contributed by atoms with van der Waals surface area (Å²) >= 11 is 0. The molecule has 1 N–H and O–H groups in total. The molecule has 102 valence electrons. The summed E-state index contributed by atoms with van der Waals surface area (Å²) in [5.41, 5.74) is 0. The zero-order valence-electron chi connectivity index (χ0n) is 11.4. The summed E-state index contributed by atoms with van der Waals surface area (Å²) in [6, 6.07) is 0.767. The van der Waals surface area contributed by atoms with Gasteiger partial charge in [0.25, 0.3) is 0 Å². The highest BCUT2D eigenvalue weighted by Crippen LogP contribution is 2.25. The first-order valence-electron chi connectivity index (χ1n) is 6.59. The number of hydrogen-bond donors (Lipinski definition) is 1. The molecule has 17 heavy (non-hydrogen) atoms. The van der Waals surface area contributed by atoms with E-state index < -0.39 is 10.0 Å². The molecule has 0 radical (unpaired) electrons. The van der Waals surface area contributed by atoms with Gasteiger partial charge in [-0.05, 0) is 46.1 Å². The molecule has 0 atom stereocenters. The Kier molecular flexibility index (Phi) is 5.41. The van der Waals surface area contributed by atoms with E-state index in [4.69, 9.17) is 0 Å². The van der Waals surface area contributed by atoms with Gasteiger partial charge in [-0.15, -0.1) is 0 Å². The predicted octanol–water partition coefficient (Wildman–Crippen LogP) is 1.58. The van der Waals surface area contributed by atoms with E-state index >= 15 is 0 Å². The van der Waals surface area contributed by atoms with Crippen LogP contribution in [0, 0.1) is 0 Å². The van der Waals surface area contributed by atoms with Crippen molar-refractivity contribution < 1.29 is 8.42 Å². The van der Waals surface area contributed by atoms with Crippen LogP contribution in [0.3, 0.4) is 0 Å². The second kappa shape index (κ2) is 6.16. The van der Waals surface area contributed by atoms with Gasteiger partial charge < -0.3 is 5.32 Å². The SMILES string of the molecule is CCNC1CCC(N(C)S(=O)(=O)C(C)C)CC1. The number of rotatable bonds is 5. The van der Waals surface area contributed by atoms with Crippen LogP contribution in [0.5, 0.6) is 0 Å². The molecule has 1 saturated carbocycles. The smallest absolute Gasteiger partial charge is 0.216 e. The average molecular weight is 262 g/mol. The van der Waals surface area contributed by atoms with Crippen LogP contribution in [0.2, 0.25) is 0 Å². The fourth-order valence-corrected chi connectivity index (χ4v) is 3.76. The lowest BCUT2D eigenvalue weighted by atomic mass is 9.91. The topological polar surface area (TPSA) is 49.4 Å². The normalized spacial score (nSPS) is 26.7. The summed E-state index contributed by atoms with van der Waals surface area (Å²) < 4.78 is 25.7. The fourth-order valence-electron chi connectivity index (χ4n) is 2.47. The number of sulfonamides is 1. The van der Waals surface area contributed by atoms with Gasteiger partial charge in [-0.2, -0.15) is 0 Å². The maximum atomic E-state index is 12.0. The molecule has 1 aliphatic carbocycles. The standard InChI is InChI=1S/C12H26N2O2S/c1-5-13-11-6-8-12(9-7-11)14(4)17(15,16)10(2)3/h10-13H,5-9H2,1-4H3. The summed E-state index contributed by atoms with van der Waals surface area (Å²) in [5, 5.41) is 3.12. The van der Waals surface area contributed by atoms with Crippen molar-refractivity contribution in [3.05, 3.63) is 0 Å². The fraction of sp³-hybridized carbons (Fsp3) is 1.00. The van der Waals surface area contributed by atoms with E-state index in [2.05, 4.69) is 12.2 Å². The molecule has 0 spiro atoms. The average Bonchev–Trinajstić information content (AvgIpc) is 2.29. The minimum atomic E-state index is -3.09.